The summed E-state index contributed by atoms with van der Waals surface area (Å²) in [6.07, 6.45) is 0. The smallest absolute Gasteiger partial charge is 0.341 e. The number of fused-ring (bicyclic) bond motifs is 1. The van der Waals surface area contributed by atoms with E-state index in [-0.39, 0.29) is 12.5 Å². The van der Waals surface area contributed by atoms with Gasteiger partial charge in [0.2, 0.25) is 0 Å². The lowest BCUT2D eigenvalue weighted by Crippen LogP contribution is -3.08. The van der Waals surface area contributed by atoms with Crippen molar-refractivity contribution in [3.8, 4) is 0 Å². The van der Waals surface area contributed by atoms with Gasteiger partial charge in [0.05, 0.1) is 29.9 Å². The molecule has 0 aliphatic carbocycles. The highest BCUT2D eigenvalue weighted by atomic mass is 32.1. The number of aryl methyl sites for hydroxylation is 1. The van der Waals surface area contributed by atoms with Gasteiger partial charge in [-0.15, -0.1) is 22.7 Å². The van der Waals surface area contributed by atoms with E-state index in [1.54, 1.807) is 11.3 Å². The first-order valence-corrected chi connectivity index (χ1v) is 10.2. The molecule has 142 valence electrons. The van der Waals surface area contributed by atoms with Crippen LogP contribution in [-0.2, 0) is 16.1 Å². The number of thiophene rings is 1. The molecule has 0 bridgehead atoms. The third kappa shape index (κ3) is 4.35. The average molecular weight is 405 g/mol. The van der Waals surface area contributed by atoms with E-state index in [4.69, 9.17) is 4.74 Å². The molecule has 27 heavy (non-hydrogen) atoms. The zero-order valence-corrected chi connectivity index (χ0v) is 17.3. The average Bonchev–Trinajstić information content (AvgIpc) is 3.14. The first kappa shape index (κ1) is 19.5. The first-order chi connectivity index (χ1) is 12.9. The van der Waals surface area contributed by atoms with E-state index in [9.17, 15) is 9.59 Å². The minimum atomic E-state index is -0.428. The Kier molecular flexibility index (Phi) is 5.88. The lowest BCUT2D eigenvalue weighted by atomic mass is 10.1. The third-order valence-corrected chi connectivity index (χ3v) is 6.44. The molecule has 2 heterocycles. The fourth-order valence-electron chi connectivity index (χ4n) is 2.82. The van der Waals surface area contributed by atoms with Crippen LogP contribution in [0, 0.1) is 13.8 Å². The number of methoxy groups -OCH3 is 1. The summed E-state index contributed by atoms with van der Waals surface area (Å²) in [7, 11) is 3.30. The molecule has 1 atom stereocenters. The summed E-state index contributed by atoms with van der Waals surface area (Å²) in [4.78, 5) is 31.1. The normalized spacial score (nSPS) is 12.1. The molecule has 0 fully saturated rings. The Morgan fingerprint density at radius 2 is 1.96 bits per heavy atom. The van der Waals surface area contributed by atoms with Crippen molar-refractivity contribution in [2.75, 3.05) is 26.0 Å². The third-order valence-electron chi connectivity index (χ3n) is 4.28. The largest absolute Gasteiger partial charge is 0.465 e. The second-order valence-corrected chi connectivity index (χ2v) is 8.75. The van der Waals surface area contributed by atoms with E-state index in [2.05, 4.69) is 10.3 Å². The molecule has 0 saturated heterocycles. The van der Waals surface area contributed by atoms with Crippen molar-refractivity contribution in [3.05, 3.63) is 45.3 Å². The Morgan fingerprint density at radius 1 is 1.22 bits per heavy atom. The number of nitrogens with zero attached hydrogens (tertiary/aromatic N) is 1. The number of anilines is 1. The number of hydrogen-bond donors (Lipinski definition) is 2. The van der Waals surface area contributed by atoms with Crippen LogP contribution < -0.4 is 10.2 Å². The van der Waals surface area contributed by atoms with Crippen LogP contribution in [0.25, 0.3) is 10.2 Å². The van der Waals surface area contributed by atoms with Gasteiger partial charge in [-0.2, -0.15) is 0 Å². The molecule has 3 aromatic rings. The fraction of sp³-hybridized carbons (Fsp3) is 0.316. The van der Waals surface area contributed by atoms with Gasteiger partial charge in [0.25, 0.3) is 5.91 Å². The number of carbonyl (C=O) groups is 2. The zero-order valence-electron chi connectivity index (χ0n) is 15.7. The minimum Gasteiger partial charge on any atom is -0.465 e. The molecule has 2 aromatic heterocycles. The highest BCUT2D eigenvalue weighted by Gasteiger charge is 2.22. The number of ether oxygens (including phenoxy) is 1. The quantitative estimate of drug-likeness (QED) is 0.619. The van der Waals surface area contributed by atoms with Crippen molar-refractivity contribution in [1.29, 1.82) is 0 Å². The number of likely N-dealkylation sites (N-methyl/N-ethyl adjacent to an activating group) is 1. The fourth-order valence-corrected chi connectivity index (χ4v) is 4.97. The maximum Gasteiger partial charge on any atom is 0.341 e. The second kappa shape index (κ2) is 8.16. The first-order valence-electron chi connectivity index (χ1n) is 8.53. The minimum absolute atomic E-state index is 0.139. The molecule has 6 nitrogen and oxygen atoms in total. The molecule has 0 radical (unpaired) electrons. The molecule has 0 aliphatic heterocycles. The van der Waals surface area contributed by atoms with E-state index >= 15 is 0 Å². The summed E-state index contributed by atoms with van der Waals surface area (Å²) in [5.41, 5.74) is 2.27. The lowest BCUT2D eigenvalue weighted by Gasteiger charge is -2.12. The molecule has 8 heteroatoms. The van der Waals surface area contributed by atoms with Crippen molar-refractivity contribution >= 4 is 49.8 Å². The Balaban J connectivity index is 1.65. The van der Waals surface area contributed by atoms with Gasteiger partial charge in [-0.1, -0.05) is 12.1 Å². The van der Waals surface area contributed by atoms with Crippen molar-refractivity contribution in [2.45, 2.75) is 20.4 Å². The van der Waals surface area contributed by atoms with E-state index in [1.807, 2.05) is 45.2 Å². The number of thiazole rings is 1. The van der Waals surface area contributed by atoms with Crippen LogP contribution in [-0.4, -0.2) is 37.6 Å². The Morgan fingerprint density at radius 3 is 2.67 bits per heavy atom. The van der Waals surface area contributed by atoms with Crippen LogP contribution in [0.15, 0.2) is 24.3 Å². The summed E-state index contributed by atoms with van der Waals surface area (Å²) in [5.74, 6) is -0.567. The van der Waals surface area contributed by atoms with Gasteiger partial charge in [-0.3, -0.25) is 4.79 Å². The van der Waals surface area contributed by atoms with Gasteiger partial charge < -0.3 is 15.0 Å². The Hall–Kier alpha value is -2.29. The molecular weight excluding hydrogens is 382 g/mol. The molecule has 0 saturated carbocycles. The number of benzene rings is 1. The van der Waals surface area contributed by atoms with E-state index in [1.165, 1.54) is 18.4 Å². The second-order valence-electron chi connectivity index (χ2n) is 6.41. The number of amides is 1. The topological polar surface area (TPSA) is 72.7 Å². The van der Waals surface area contributed by atoms with Crippen LogP contribution in [0.2, 0.25) is 0 Å². The van der Waals surface area contributed by atoms with Gasteiger partial charge >= 0.3 is 5.97 Å². The van der Waals surface area contributed by atoms with Crippen molar-refractivity contribution in [3.63, 3.8) is 0 Å². The summed E-state index contributed by atoms with van der Waals surface area (Å²) < 4.78 is 6.00. The summed E-state index contributed by atoms with van der Waals surface area (Å²) >= 11 is 3.04. The Labute approximate surface area is 165 Å². The lowest BCUT2D eigenvalue weighted by molar-refractivity contribution is -0.885. The highest BCUT2D eigenvalue weighted by molar-refractivity contribution is 7.18. The van der Waals surface area contributed by atoms with Gasteiger partial charge in [-0.25, -0.2) is 9.78 Å². The summed E-state index contributed by atoms with van der Waals surface area (Å²) in [5, 5.41) is 4.42. The number of para-hydroxylation sites is 1. The van der Waals surface area contributed by atoms with E-state index in [0.29, 0.717) is 17.1 Å². The van der Waals surface area contributed by atoms with E-state index in [0.717, 1.165) is 30.6 Å². The molecule has 1 amide bonds. The van der Waals surface area contributed by atoms with Gasteiger partial charge in [0, 0.05) is 4.88 Å². The summed E-state index contributed by atoms with van der Waals surface area (Å²) in [6.45, 7) is 4.73. The SMILES string of the molecule is COC(=O)c1c(NC(=O)C[NH+](C)Cc2nc3ccccc3s2)sc(C)c1C. The zero-order chi connectivity index (χ0) is 19.6. The summed E-state index contributed by atoms with van der Waals surface area (Å²) in [6, 6.07) is 8.01. The number of esters is 1. The Bertz CT molecular complexity index is 960. The standard InChI is InChI=1S/C19H21N3O3S2/c1-11-12(2)26-18(17(11)19(24)25-4)21-15(23)9-22(3)10-16-20-13-7-5-6-8-14(13)27-16/h5-8H,9-10H2,1-4H3,(H,21,23)/p+1. The van der Waals surface area contributed by atoms with Crippen LogP contribution in [0.4, 0.5) is 5.00 Å². The number of aromatic nitrogens is 1. The van der Waals surface area contributed by atoms with Gasteiger partial charge in [0.15, 0.2) is 6.54 Å². The highest BCUT2D eigenvalue weighted by Crippen LogP contribution is 2.32. The van der Waals surface area contributed by atoms with Crippen LogP contribution >= 0.6 is 22.7 Å². The molecule has 0 aliphatic rings. The molecule has 1 unspecified atom stereocenters. The predicted molar refractivity (Wildman–Crippen MR) is 109 cm³/mol. The predicted octanol–water partition coefficient (Wildman–Crippen LogP) is 2.41. The molecule has 3 rings (SSSR count). The molecule has 0 spiro atoms. The number of quaternary nitrogens is 1. The monoisotopic (exact) mass is 404 g/mol. The molecule has 1 aromatic carbocycles. The van der Waals surface area contributed by atoms with E-state index < -0.39 is 5.97 Å². The number of nitrogens with one attached hydrogen (secondary N) is 2. The van der Waals surface area contributed by atoms with Crippen molar-refractivity contribution in [1.82, 2.24) is 4.98 Å². The van der Waals surface area contributed by atoms with Crippen LogP contribution in [0.5, 0.6) is 0 Å². The number of hydrogen-bond acceptors (Lipinski definition) is 6. The van der Waals surface area contributed by atoms with Crippen LogP contribution in [0.3, 0.4) is 0 Å². The molecule has 2 N–H and O–H groups in total. The van der Waals surface area contributed by atoms with Gasteiger partial charge in [-0.05, 0) is 31.5 Å². The number of carbonyl (C=O) groups excluding carboxylic acids is 2. The number of rotatable bonds is 6. The van der Waals surface area contributed by atoms with Crippen molar-refractivity contribution < 1.29 is 19.2 Å². The van der Waals surface area contributed by atoms with Crippen molar-refractivity contribution in [2.24, 2.45) is 0 Å². The van der Waals surface area contributed by atoms with Crippen LogP contribution in [0.1, 0.15) is 25.8 Å². The van der Waals surface area contributed by atoms with Gasteiger partial charge in [0.1, 0.15) is 16.6 Å². The maximum atomic E-state index is 12.5. The maximum absolute atomic E-state index is 12.5. The molecular formula is C19H22N3O3S2+.